The van der Waals surface area contributed by atoms with Crippen LogP contribution in [0.1, 0.15) is 23.4 Å². The molecule has 5 rings (SSSR count). The minimum atomic E-state index is -0.534. The molecule has 4 aromatic rings. The van der Waals surface area contributed by atoms with E-state index in [1.807, 2.05) is 61.5 Å². The van der Waals surface area contributed by atoms with Crippen LogP contribution in [0.5, 0.6) is 5.75 Å². The molecule has 1 aliphatic rings. The smallest absolute Gasteiger partial charge is 0.258 e. The Hall–Kier alpha value is -4.46. The van der Waals surface area contributed by atoms with E-state index in [1.54, 1.807) is 35.1 Å². The van der Waals surface area contributed by atoms with E-state index in [-0.39, 0.29) is 36.9 Å². The molecule has 1 aromatic heterocycles. The predicted molar refractivity (Wildman–Crippen MR) is 141 cm³/mol. The van der Waals surface area contributed by atoms with Gasteiger partial charge in [0.1, 0.15) is 11.6 Å². The molecule has 188 valence electrons. The lowest BCUT2D eigenvalue weighted by atomic mass is 10.1. The highest BCUT2D eigenvalue weighted by Crippen LogP contribution is 2.34. The summed E-state index contributed by atoms with van der Waals surface area (Å²) < 4.78 is 5.48. The fraction of sp³-hybridized carbons (Fsp3) is 0.241. The lowest BCUT2D eigenvalue weighted by molar-refractivity contribution is -0.137. The first-order chi connectivity index (χ1) is 17.9. The number of fused-ring (bicyclic) bond motifs is 1. The molecule has 37 heavy (non-hydrogen) atoms. The molecule has 8 heteroatoms. The van der Waals surface area contributed by atoms with Crippen LogP contribution in [0.15, 0.2) is 77.6 Å². The van der Waals surface area contributed by atoms with Crippen LogP contribution in [0.4, 0.5) is 5.69 Å². The zero-order valence-electron chi connectivity index (χ0n) is 20.8. The lowest BCUT2D eigenvalue weighted by Gasteiger charge is -2.26. The molecule has 1 atom stereocenters. The number of para-hydroxylation sites is 1. The fourth-order valence-electron chi connectivity index (χ4n) is 4.78. The number of H-pyrrole nitrogens is 1. The first kappa shape index (κ1) is 24.2. The second-order valence-corrected chi connectivity index (χ2v) is 9.29. The summed E-state index contributed by atoms with van der Waals surface area (Å²) in [6.07, 6.45) is 0.100. The summed E-state index contributed by atoms with van der Waals surface area (Å²) >= 11 is 0. The minimum absolute atomic E-state index is 0.100. The molecule has 2 amide bonds. The topological polar surface area (TPSA) is 95.6 Å². The van der Waals surface area contributed by atoms with Crippen LogP contribution < -0.4 is 15.2 Å². The van der Waals surface area contributed by atoms with Gasteiger partial charge in [0.05, 0.1) is 36.2 Å². The summed E-state index contributed by atoms with van der Waals surface area (Å²) in [4.78, 5) is 50.2. The molecule has 0 bridgehead atoms. The third-order valence-corrected chi connectivity index (χ3v) is 6.63. The van der Waals surface area contributed by atoms with Gasteiger partial charge >= 0.3 is 0 Å². The average molecular weight is 497 g/mol. The molecule has 0 radical (unpaired) electrons. The number of benzene rings is 3. The van der Waals surface area contributed by atoms with E-state index in [9.17, 15) is 14.4 Å². The largest absolute Gasteiger partial charge is 0.495 e. The molecule has 1 fully saturated rings. The molecule has 8 nitrogen and oxygen atoms in total. The van der Waals surface area contributed by atoms with Gasteiger partial charge in [-0.2, -0.15) is 0 Å². The van der Waals surface area contributed by atoms with E-state index in [0.29, 0.717) is 34.7 Å². The van der Waals surface area contributed by atoms with Gasteiger partial charge in [-0.3, -0.25) is 14.4 Å². The van der Waals surface area contributed by atoms with Crippen molar-refractivity contribution < 1.29 is 14.3 Å². The summed E-state index contributed by atoms with van der Waals surface area (Å²) in [5.74, 6) is 0.163. The number of aryl methyl sites for hydroxylation is 1. The zero-order valence-corrected chi connectivity index (χ0v) is 20.8. The van der Waals surface area contributed by atoms with Gasteiger partial charge in [0, 0.05) is 19.5 Å². The van der Waals surface area contributed by atoms with Crippen molar-refractivity contribution >= 4 is 28.4 Å². The number of nitrogens with zero attached hydrogens (tertiary/aromatic N) is 3. The lowest BCUT2D eigenvalue weighted by Crippen LogP contribution is -2.37. The minimum Gasteiger partial charge on any atom is -0.495 e. The molecule has 1 N–H and O–H groups in total. The number of carbonyl (C=O) groups is 2. The van der Waals surface area contributed by atoms with Gasteiger partial charge < -0.3 is 19.5 Å². The van der Waals surface area contributed by atoms with Gasteiger partial charge in [0.25, 0.3) is 5.56 Å². The summed E-state index contributed by atoms with van der Waals surface area (Å²) in [6, 6.07) is 22.4. The van der Waals surface area contributed by atoms with Crippen molar-refractivity contribution in [3.8, 4) is 5.75 Å². The van der Waals surface area contributed by atoms with Crippen molar-refractivity contribution in [3.63, 3.8) is 0 Å². The number of methoxy groups -OCH3 is 1. The molecular weight excluding hydrogens is 468 g/mol. The molecular formula is C29H28N4O4. The van der Waals surface area contributed by atoms with E-state index < -0.39 is 5.92 Å². The first-order valence-electron chi connectivity index (χ1n) is 12.2. The molecule has 3 aromatic carbocycles. The summed E-state index contributed by atoms with van der Waals surface area (Å²) in [7, 11) is 1.57. The molecule has 1 aliphatic heterocycles. The molecule has 2 heterocycles. The molecule has 0 aliphatic carbocycles. The van der Waals surface area contributed by atoms with E-state index in [1.165, 1.54) is 0 Å². The van der Waals surface area contributed by atoms with Crippen LogP contribution in [-0.2, 0) is 22.7 Å². The highest BCUT2D eigenvalue weighted by molar-refractivity contribution is 6.01. The standard InChI is InChI=1S/C29H28N4O4/c1-19-12-13-25(37-2)24(14-19)33-17-21(15-27(33)34)29(36)32(16-20-8-4-3-5-9-20)18-26-30-23-11-7-6-10-22(23)28(35)31-26/h3-14,21H,15-18H2,1-2H3,(H,30,31,35). The van der Waals surface area contributed by atoms with Crippen LogP contribution in [0.3, 0.4) is 0 Å². The van der Waals surface area contributed by atoms with Crippen LogP contribution in [0, 0.1) is 12.8 Å². The molecule has 1 unspecified atom stereocenters. The van der Waals surface area contributed by atoms with Crippen molar-refractivity contribution in [3.05, 3.63) is 100 Å². The number of carbonyl (C=O) groups excluding carboxylic acids is 2. The zero-order chi connectivity index (χ0) is 25.9. The van der Waals surface area contributed by atoms with Crippen LogP contribution >= 0.6 is 0 Å². The van der Waals surface area contributed by atoms with Crippen LogP contribution in [0.2, 0.25) is 0 Å². The monoisotopic (exact) mass is 496 g/mol. The Morgan fingerprint density at radius 1 is 1.05 bits per heavy atom. The Morgan fingerprint density at radius 2 is 1.81 bits per heavy atom. The van der Waals surface area contributed by atoms with E-state index >= 15 is 0 Å². The maximum absolute atomic E-state index is 13.8. The molecule has 0 spiro atoms. The van der Waals surface area contributed by atoms with Crippen molar-refractivity contribution in [1.29, 1.82) is 0 Å². The fourth-order valence-corrected chi connectivity index (χ4v) is 4.78. The van der Waals surface area contributed by atoms with E-state index in [4.69, 9.17) is 4.74 Å². The van der Waals surface area contributed by atoms with Crippen molar-refractivity contribution in [2.24, 2.45) is 5.92 Å². The highest BCUT2D eigenvalue weighted by atomic mass is 16.5. The third-order valence-electron chi connectivity index (χ3n) is 6.63. The van der Waals surface area contributed by atoms with Gasteiger partial charge in [-0.1, -0.05) is 48.5 Å². The van der Waals surface area contributed by atoms with Gasteiger partial charge in [0.15, 0.2) is 0 Å². The highest BCUT2D eigenvalue weighted by Gasteiger charge is 2.38. The summed E-state index contributed by atoms with van der Waals surface area (Å²) in [5, 5.41) is 0.497. The second-order valence-electron chi connectivity index (χ2n) is 9.29. The van der Waals surface area contributed by atoms with Gasteiger partial charge in [0.2, 0.25) is 11.8 Å². The molecule has 0 saturated carbocycles. The number of anilines is 1. The maximum Gasteiger partial charge on any atom is 0.258 e. The number of ether oxygens (including phenoxy) is 1. The van der Waals surface area contributed by atoms with Gasteiger partial charge in [-0.15, -0.1) is 0 Å². The summed E-state index contributed by atoms with van der Waals surface area (Å²) in [5.41, 5.74) is 2.93. The summed E-state index contributed by atoms with van der Waals surface area (Å²) in [6.45, 7) is 2.65. The SMILES string of the molecule is COc1ccc(C)cc1N1CC(C(=O)N(Cc2ccccc2)Cc2nc3ccccc3c(=O)[nH]2)CC1=O. The van der Waals surface area contributed by atoms with E-state index in [2.05, 4.69) is 9.97 Å². The quantitative estimate of drug-likeness (QED) is 0.420. The third kappa shape index (κ3) is 5.09. The first-order valence-corrected chi connectivity index (χ1v) is 12.2. The predicted octanol–water partition coefficient (Wildman–Crippen LogP) is 3.82. The Balaban J connectivity index is 1.44. The number of nitrogens with one attached hydrogen (secondary N) is 1. The number of aromatic amines is 1. The Kier molecular flexibility index (Phi) is 6.72. The molecule has 1 saturated heterocycles. The number of hydrogen-bond donors (Lipinski definition) is 1. The average Bonchev–Trinajstić information content (AvgIpc) is 3.30. The maximum atomic E-state index is 13.8. The Morgan fingerprint density at radius 3 is 2.59 bits per heavy atom. The number of hydrogen-bond acceptors (Lipinski definition) is 5. The second kappa shape index (κ2) is 10.3. The van der Waals surface area contributed by atoms with Crippen molar-refractivity contribution in [2.75, 3.05) is 18.6 Å². The number of amides is 2. The Labute approximate surface area is 214 Å². The van der Waals surface area contributed by atoms with E-state index in [0.717, 1.165) is 11.1 Å². The normalized spacial score (nSPS) is 15.2. The van der Waals surface area contributed by atoms with Crippen LogP contribution in [0.25, 0.3) is 10.9 Å². The van der Waals surface area contributed by atoms with Crippen LogP contribution in [-0.4, -0.2) is 40.3 Å². The van der Waals surface area contributed by atoms with Gasteiger partial charge in [-0.25, -0.2) is 4.98 Å². The van der Waals surface area contributed by atoms with Crippen molar-refractivity contribution in [1.82, 2.24) is 14.9 Å². The Bertz CT molecular complexity index is 1520. The number of rotatable bonds is 7. The van der Waals surface area contributed by atoms with Crippen molar-refractivity contribution in [2.45, 2.75) is 26.4 Å². The van der Waals surface area contributed by atoms with Gasteiger partial charge in [-0.05, 0) is 42.3 Å². The number of aromatic nitrogens is 2.